The van der Waals surface area contributed by atoms with Gasteiger partial charge in [0.15, 0.2) is 0 Å². The maximum atomic E-state index is 12.1. The molecule has 0 bridgehead atoms. The number of hydrogen-bond donors (Lipinski definition) is 2. The fourth-order valence-corrected chi connectivity index (χ4v) is 5.52. The van der Waals surface area contributed by atoms with Gasteiger partial charge in [-0.1, -0.05) is 0 Å². The fraction of sp³-hybridized carbons (Fsp3) is 0.417. The smallest absolute Gasteiger partial charge is 0.335 e. The van der Waals surface area contributed by atoms with E-state index in [0.717, 1.165) is 17.3 Å². The molecule has 110 valence electrons. The van der Waals surface area contributed by atoms with Gasteiger partial charge in [-0.15, -0.1) is 0 Å². The third-order valence-corrected chi connectivity index (χ3v) is 7.08. The fourth-order valence-electron chi connectivity index (χ4n) is 1.72. The summed E-state index contributed by atoms with van der Waals surface area (Å²) in [6, 6.07) is 5.22. The first-order chi connectivity index (χ1) is 9.49. The lowest BCUT2D eigenvalue weighted by molar-refractivity contribution is 0.0696. The molecule has 2 N–H and O–H groups in total. The zero-order valence-electron chi connectivity index (χ0n) is 10.6. The zero-order chi connectivity index (χ0) is 14.6. The van der Waals surface area contributed by atoms with Crippen molar-refractivity contribution in [1.29, 1.82) is 0 Å². The largest absolute Gasteiger partial charge is 0.478 e. The molecule has 1 aromatic rings. The summed E-state index contributed by atoms with van der Waals surface area (Å²) in [7, 11) is -3.57. The van der Waals surface area contributed by atoms with Gasteiger partial charge in [-0.3, -0.25) is 0 Å². The third kappa shape index (κ3) is 4.15. The molecule has 1 fully saturated rings. The first-order valence-corrected chi connectivity index (χ1v) is 9.70. The van der Waals surface area contributed by atoms with E-state index >= 15 is 0 Å². The summed E-state index contributed by atoms with van der Waals surface area (Å²) in [5, 5.41) is 9.08. The lowest BCUT2D eigenvalue weighted by Crippen LogP contribution is -2.33. The molecule has 1 heterocycles. The molecule has 0 radical (unpaired) electrons. The van der Waals surface area contributed by atoms with Crippen molar-refractivity contribution >= 4 is 39.5 Å². The summed E-state index contributed by atoms with van der Waals surface area (Å²) in [5.74, 6) is 2.04. The number of thioether (sulfide) groups is 2. The van der Waals surface area contributed by atoms with Gasteiger partial charge in [-0.05, 0) is 24.3 Å². The Balaban J connectivity index is 2.00. The van der Waals surface area contributed by atoms with Gasteiger partial charge in [0.25, 0.3) is 0 Å². The van der Waals surface area contributed by atoms with Gasteiger partial charge in [0.2, 0.25) is 10.0 Å². The molecule has 0 aromatic heterocycles. The highest BCUT2D eigenvalue weighted by molar-refractivity contribution is 8.06. The quantitative estimate of drug-likeness (QED) is 0.850. The summed E-state index contributed by atoms with van der Waals surface area (Å²) in [6.45, 7) is 0.403. The standard InChI is InChI=1S/C12H15NO4S3/c14-12(15)9-1-3-11(4-2-9)20(16,17)13-7-10-8-18-5-6-19-10/h1-4,10,13H,5-8H2,(H,14,15). The Morgan fingerprint density at radius 3 is 2.55 bits per heavy atom. The topological polar surface area (TPSA) is 83.5 Å². The lowest BCUT2D eigenvalue weighted by Gasteiger charge is -2.21. The normalized spacial score (nSPS) is 19.7. The van der Waals surface area contributed by atoms with Crippen molar-refractivity contribution in [2.75, 3.05) is 23.8 Å². The number of rotatable bonds is 5. The average Bonchev–Trinajstić information content (AvgIpc) is 2.46. The highest BCUT2D eigenvalue weighted by Crippen LogP contribution is 2.23. The van der Waals surface area contributed by atoms with Crippen LogP contribution in [0.25, 0.3) is 0 Å². The number of benzene rings is 1. The van der Waals surface area contributed by atoms with E-state index in [1.165, 1.54) is 24.3 Å². The molecule has 1 aliphatic rings. The van der Waals surface area contributed by atoms with Crippen LogP contribution in [0.2, 0.25) is 0 Å². The predicted molar refractivity (Wildman–Crippen MR) is 82.2 cm³/mol. The molecular weight excluding hydrogens is 318 g/mol. The SMILES string of the molecule is O=C(O)c1ccc(S(=O)(=O)NCC2CSCCS2)cc1. The molecule has 2 rings (SSSR count). The Hall–Kier alpha value is -0.700. The molecule has 5 nitrogen and oxygen atoms in total. The van der Waals surface area contributed by atoms with E-state index in [2.05, 4.69) is 4.72 Å². The maximum absolute atomic E-state index is 12.1. The maximum Gasteiger partial charge on any atom is 0.335 e. The van der Waals surface area contributed by atoms with Crippen molar-refractivity contribution in [2.24, 2.45) is 0 Å². The predicted octanol–water partition coefficient (Wildman–Crippen LogP) is 1.51. The minimum absolute atomic E-state index is 0.0724. The van der Waals surface area contributed by atoms with E-state index < -0.39 is 16.0 Å². The van der Waals surface area contributed by atoms with Crippen LogP contribution in [0.3, 0.4) is 0 Å². The summed E-state index contributed by atoms with van der Waals surface area (Å²) in [6.07, 6.45) is 0. The second-order valence-electron chi connectivity index (χ2n) is 4.25. The minimum Gasteiger partial charge on any atom is -0.478 e. The van der Waals surface area contributed by atoms with Gasteiger partial charge in [0, 0.05) is 29.1 Å². The number of carboxylic acid groups (broad SMARTS) is 1. The summed E-state index contributed by atoms with van der Waals surface area (Å²) < 4.78 is 26.7. The number of carboxylic acids is 1. The summed E-state index contributed by atoms with van der Waals surface area (Å²) >= 11 is 3.61. The van der Waals surface area contributed by atoms with Crippen molar-refractivity contribution in [2.45, 2.75) is 10.1 Å². The molecule has 0 saturated carbocycles. The molecule has 0 aliphatic carbocycles. The van der Waals surface area contributed by atoms with Crippen LogP contribution in [0.1, 0.15) is 10.4 Å². The molecule has 0 amide bonds. The Morgan fingerprint density at radius 1 is 1.30 bits per heavy atom. The number of aromatic carboxylic acids is 1. The molecular formula is C12H15NO4S3. The van der Waals surface area contributed by atoms with Crippen LogP contribution in [0.4, 0.5) is 0 Å². The van der Waals surface area contributed by atoms with Crippen LogP contribution in [0, 0.1) is 0 Å². The van der Waals surface area contributed by atoms with E-state index in [9.17, 15) is 13.2 Å². The van der Waals surface area contributed by atoms with Gasteiger partial charge >= 0.3 is 5.97 Å². The Bertz CT molecular complexity index is 565. The zero-order valence-corrected chi connectivity index (χ0v) is 13.1. The van der Waals surface area contributed by atoms with Crippen molar-refractivity contribution in [3.63, 3.8) is 0 Å². The number of sulfonamides is 1. The third-order valence-electron chi connectivity index (χ3n) is 2.80. The van der Waals surface area contributed by atoms with E-state index in [-0.39, 0.29) is 10.5 Å². The highest BCUT2D eigenvalue weighted by Gasteiger charge is 2.19. The van der Waals surface area contributed by atoms with Crippen LogP contribution in [0.15, 0.2) is 29.2 Å². The lowest BCUT2D eigenvalue weighted by atomic mass is 10.2. The number of hydrogen-bond acceptors (Lipinski definition) is 5. The van der Waals surface area contributed by atoms with Crippen LogP contribution in [-0.4, -0.2) is 48.5 Å². The first-order valence-electron chi connectivity index (χ1n) is 6.01. The summed E-state index contributed by atoms with van der Waals surface area (Å²) in [4.78, 5) is 10.8. The Labute approximate surface area is 126 Å². The van der Waals surface area contributed by atoms with Gasteiger partial charge in [0.05, 0.1) is 10.5 Å². The van der Waals surface area contributed by atoms with E-state index in [0.29, 0.717) is 11.8 Å². The van der Waals surface area contributed by atoms with Crippen LogP contribution < -0.4 is 4.72 Å². The molecule has 1 aromatic carbocycles. The monoisotopic (exact) mass is 333 g/mol. The van der Waals surface area contributed by atoms with Crippen LogP contribution in [-0.2, 0) is 10.0 Å². The highest BCUT2D eigenvalue weighted by atomic mass is 32.2. The van der Waals surface area contributed by atoms with Gasteiger partial charge in [-0.25, -0.2) is 17.9 Å². The molecule has 1 atom stereocenters. The second kappa shape index (κ2) is 6.84. The number of carbonyl (C=O) groups is 1. The molecule has 1 aliphatic heterocycles. The minimum atomic E-state index is -3.57. The molecule has 20 heavy (non-hydrogen) atoms. The molecule has 1 unspecified atom stereocenters. The van der Waals surface area contributed by atoms with E-state index in [4.69, 9.17) is 5.11 Å². The summed E-state index contributed by atoms with van der Waals surface area (Å²) in [5.41, 5.74) is 0.0724. The van der Waals surface area contributed by atoms with Crippen molar-refractivity contribution in [1.82, 2.24) is 4.72 Å². The second-order valence-corrected chi connectivity index (χ2v) is 8.57. The van der Waals surface area contributed by atoms with Gasteiger partial charge < -0.3 is 5.11 Å². The average molecular weight is 333 g/mol. The van der Waals surface area contributed by atoms with E-state index in [1.54, 1.807) is 11.8 Å². The Kier molecular flexibility index (Phi) is 5.36. The molecule has 8 heteroatoms. The van der Waals surface area contributed by atoms with Crippen LogP contribution >= 0.6 is 23.5 Å². The van der Waals surface area contributed by atoms with Gasteiger partial charge in [-0.2, -0.15) is 23.5 Å². The van der Waals surface area contributed by atoms with Crippen molar-refractivity contribution in [3.8, 4) is 0 Å². The molecule has 0 spiro atoms. The Morgan fingerprint density at radius 2 is 2.00 bits per heavy atom. The first kappa shape index (κ1) is 15.7. The van der Waals surface area contributed by atoms with Crippen molar-refractivity contribution < 1.29 is 18.3 Å². The molecule has 1 saturated heterocycles. The van der Waals surface area contributed by atoms with Crippen molar-refractivity contribution in [3.05, 3.63) is 29.8 Å². The number of nitrogens with one attached hydrogen (secondary N) is 1. The van der Waals surface area contributed by atoms with Gasteiger partial charge in [0.1, 0.15) is 0 Å². The van der Waals surface area contributed by atoms with Crippen LogP contribution in [0.5, 0.6) is 0 Å². The van der Waals surface area contributed by atoms with E-state index in [1.807, 2.05) is 11.8 Å².